The number of methoxy groups -OCH3 is 1. The second-order valence-electron chi connectivity index (χ2n) is 10.0. The molecule has 2 rings (SSSR count). The van der Waals surface area contributed by atoms with E-state index in [1.807, 2.05) is 13.0 Å². The lowest BCUT2D eigenvalue weighted by Gasteiger charge is -2.31. The standard InChI is InChI=1S/C29H36N4O6/c1-8-33(27(36)23(15-16-24(30)34)32-28(37)39-29(4,5)6)25(22-14-9-18(2)17-19(22)3)26(35)31-20-10-12-21(38-7)13-11-20/h1,9-14,17,23,25H,15-16H2,2-7H3,(H2,30,34)(H,31,35)(H,32,37). The first-order chi connectivity index (χ1) is 18.2. The van der Waals surface area contributed by atoms with E-state index < -0.39 is 41.5 Å². The van der Waals surface area contributed by atoms with Crippen LogP contribution in [0.25, 0.3) is 0 Å². The summed E-state index contributed by atoms with van der Waals surface area (Å²) in [5.41, 5.74) is 7.09. The van der Waals surface area contributed by atoms with Gasteiger partial charge in [0.15, 0.2) is 0 Å². The van der Waals surface area contributed by atoms with Crippen LogP contribution >= 0.6 is 0 Å². The van der Waals surface area contributed by atoms with Gasteiger partial charge in [0.25, 0.3) is 11.8 Å². The van der Waals surface area contributed by atoms with Crippen molar-refractivity contribution in [3.8, 4) is 18.2 Å². The molecule has 0 aliphatic rings. The number of ether oxygens (including phenoxy) is 2. The molecule has 0 heterocycles. The van der Waals surface area contributed by atoms with Crippen LogP contribution in [0.1, 0.15) is 56.3 Å². The van der Waals surface area contributed by atoms with Gasteiger partial charge in [-0.1, -0.05) is 30.2 Å². The van der Waals surface area contributed by atoms with Crippen LogP contribution in [0.3, 0.4) is 0 Å². The molecule has 0 aromatic heterocycles. The number of nitrogens with one attached hydrogen (secondary N) is 2. The van der Waals surface area contributed by atoms with Crippen LogP contribution in [-0.4, -0.2) is 47.5 Å². The highest BCUT2D eigenvalue weighted by Gasteiger charge is 2.36. The first-order valence-corrected chi connectivity index (χ1v) is 12.3. The van der Waals surface area contributed by atoms with Gasteiger partial charge in [0.05, 0.1) is 7.11 Å². The lowest BCUT2D eigenvalue weighted by molar-refractivity contribution is -0.137. The number of benzene rings is 2. The van der Waals surface area contributed by atoms with Gasteiger partial charge in [0.2, 0.25) is 5.91 Å². The van der Waals surface area contributed by atoms with Gasteiger partial charge in [0, 0.05) is 18.2 Å². The summed E-state index contributed by atoms with van der Waals surface area (Å²) in [6, 6.07) is 11.8. The van der Waals surface area contributed by atoms with Crippen LogP contribution in [0, 0.1) is 26.3 Å². The van der Waals surface area contributed by atoms with Gasteiger partial charge < -0.3 is 25.8 Å². The Labute approximate surface area is 229 Å². The third-order valence-corrected chi connectivity index (χ3v) is 5.63. The summed E-state index contributed by atoms with van der Waals surface area (Å²) in [5.74, 6) is -1.43. The van der Waals surface area contributed by atoms with E-state index in [4.69, 9.17) is 21.6 Å². The quantitative estimate of drug-likeness (QED) is 0.313. The molecule has 2 unspecified atom stereocenters. The molecule has 0 saturated heterocycles. The van der Waals surface area contributed by atoms with E-state index in [0.29, 0.717) is 17.0 Å². The average Bonchev–Trinajstić information content (AvgIpc) is 2.84. The summed E-state index contributed by atoms with van der Waals surface area (Å²) >= 11 is 0. The second kappa shape index (κ2) is 13.3. The van der Waals surface area contributed by atoms with Crippen molar-refractivity contribution < 1.29 is 28.7 Å². The molecule has 2 aromatic carbocycles. The highest BCUT2D eigenvalue weighted by atomic mass is 16.6. The van der Waals surface area contributed by atoms with Gasteiger partial charge in [0.1, 0.15) is 23.4 Å². The topological polar surface area (TPSA) is 140 Å². The fourth-order valence-corrected chi connectivity index (χ4v) is 3.84. The minimum absolute atomic E-state index is 0.148. The van der Waals surface area contributed by atoms with Crippen molar-refractivity contribution in [2.75, 3.05) is 12.4 Å². The van der Waals surface area contributed by atoms with E-state index in [1.165, 1.54) is 7.11 Å². The van der Waals surface area contributed by atoms with Crippen LogP contribution in [0.2, 0.25) is 0 Å². The van der Waals surface area contributed by atoms with Gasteiger partial charge in [-0.05, 0) is 76.4 Å². The summed E-state index contributed by atoms with van der Waals surface area (Å²) in [7, 11) is 1.53. The summed E-state index contributed by atoms with van der Waals surface area (Å²) < 4.78 is 10.4. The molecule has 0 fully saturated rings. The average molecular weight is 537 g/mol. The fourth-order valence-electron chi connectivity index (χ4n) is 3.84. The number of aryl methyl sites for hydroxylation is 2. The molecule has 4 N–H and O–H groups in total. The van der Waals surface area contributed by atoms with Gasteiger partial charge in [-0.3, -0.25) is 19.3 Å². The highest BCUT2D eigenvalue weighted by Crippen LogP contribution is 2.28. The van der Waals surface area contributed by atoms with Gasteiger partial charge >= 0.3 is 6.09 Å². The molecule has 4 amide bonds. The number of anilines is 1. The molecule has 2 atom stereocenters. The summed E-state index contributed by atoms with van der Waals surface area (Å²) in [6.07, 6.45) is 4.57. The molecule has 10 nitrogen and oxygen atoms in total. The molecule has 0 aliphatic carbocycles. The Morgan fingerprint density at radius 3 is 2.23 bits per heavy atom. The Kier molecular flexibility index (Phi) is 10.5. The molecular formula is C29H36N4O6. The minimum Gasteiger partial charge on any atom is -0.497 e. The molecule has 39 heavy (non-hydrogen) atoms. The van der Waals surface area contributed by atoms with Crippen LogP contribution in [-0.2, 0) is 19.1 Å². The number of carbonyl (C=O) groups is 4. The molecule has 0 saturated carbocycles. The predicted molar refractivity (Wildman–Crippen MR) is 148 cm³/mol. The Morgan fingerprint density at radius 2 is 1.72 bits per heavy atom. The molecule has 0 bridgehead atoms. The van der Waals surface area contributed by atoms with E-state index >= 15 is 0 Å². The maximum atomic E-state index is 13.8. The number of amides is 4. The van der Waals surface area contributed by atoms with Crippen LogP contribution in [0.5, 0.6) is 5.75 Å². The van der Waals surface area contributed by atoms with Crippen molar-refractivity contribution in [3.63, 3.8) is 0 Å². The molecule has 0 spiro atoms. The van der Waals surface area contributed by atoms with Crippen molar-refractivity contribution in [2.45, 2.75) is 65.1 Å². The Morgan fingerprint density at radius 1 is 1.08 bits per heavy atom. The van der Waals surface area contributed by atoms with Crippen molar-refractivity contribution in [3.05, 3.63) is 59.2 Å². The highest BCUT2D eigenvalue weighted by molar-refractivity contribution is 6.00. The maximum absolute atomic E-state index is 13.8. The van der Waals surface area contributed by atoms with Crippen LogP contribution in [0.4, 0.5) is 10.5 Å². The Bertz CT molecular complexity index is 1240. The summed E-state index contributed by atoms with van der Waals surface area (Å²) in [5, 5.41) is 5.27. The number of nitrogens with two attached hydrogens (primary N) is 1. The van der Waals surface area contributed by atoms with Crippen LogP contribution < -0.4 is 21.1 Å². The SMILES string of the molecule is C#CN(C(=O)C(CCC(N)=O)NC(=O)OC(C)(C)C)C(C(=O)Nc1ccc(OC)cc1)c1ccc(C)cc1C. The molecule has 2 aromatic rings. The number of hydrogen-bond acceptors (Lipinski definition) is 6. The third kappa shape index (κ3) is 9.07. The second-order valence-corrected chi connectivity index (χ2v) is 10.0. The third-order valence-electron chi connectivity index (χ3n) is 5.63. The first kappa shape index (κ1) is 30.7. The van der Waals surface area contributed by atoms with E-state index in [0.717, 1.165) is 16.0 Å². The number of rotatable bonds is 10. The van der Waals surface area contributed by atoms with Crippen molar-refractivity contribution in [1.29, 1.82) is 0 Å². The molecule has 208 valence electrons. The van der Waals surface area contributed by atoms with E-state index in [2.05, 4.69) is 16.7 Å². The Hall–Kier alpha value is -4.52. The summed E-state index contributed by atoms with van der Waals surface area (Å²) in [6.45, 7) is 8.71. The predicted octanol–water partition coefficient (Wildman–Crippen LogP) is 3.57. The number of terminal acetylenes is 1. The number of primary amides is 1. The molecular weight excluding hydrogens is 500 g/mol. The number of hydrogen-bond donors (Lipinski definition) is 3. The summed E-state index contributed by atoms with van der Waals surface area (Å²) in [4.78, 5) is 52.4. The lowest BCUT2D eigenvalue weighted by Crippen LogP contribution is -2.51. The fraction of sp³-hybridized carbons (Fsp3) is 0.379. The minimum atomic E-state index is -1.29. The zero-order valence-electron chi connectivity index (χ0n) is 23.2. The number of alkyl carbamates (subject to hydrolysis) is 1. The normalized spacial score (nSPS) is 12.3. The van der Waals surface area contributed by atoms with E-state index in [9.17, 15) is 19.2 Å². The smallest absolute Gasteiger partial charge is 0.408 e. The first-order valence-electron chi connectivity index (χ1n) is 12.3. The number of nitrogens with zero attached hydrogens (tertiary/aromatic N) is 1. The molecule has 0 radical (unpaired) electrons. The van der Waals surface area contributed by atoms with E-state index in [1.54, 1.807) is 64.1 Å². The van der Waals surface area contributed by atoms with E-state index in [-0.39, 0.29) is 12.8 Å². The lowest BCUT2D eigenvalue weighted by atomic mass is 9.96. The number of carbonyl (C=O) groups excluding carboxylic acids is 4. The van der Waals surface area contributed by atoms with Crippen molar-refractivity contribution in [2.24, 2.45) is 5.73 Å². The molecule has 0 aliphatic heterocycles. The largest absolute Gasteiger partial charge is 0.497 e. The zero-order chi connectivity index (χ0) is 29.3. The zero-order valence-corrected chi connectivity index (χ0v) is 23.2. The Balaban J connectivity index is 2.50. The van der Waals surface area contributed by atoms with Gasteiger partial charge in [-0.25, -0.2) is 4.79 Å². The van der Waals surface area contributed by atoms with Crippen LogP contribution in [0.15, 0.2) is 42.5 Å². The maximum Gasteiger partial charge on any atom is 0.408 e. The monoisotopic (exact) mass is 536 g/mol. The van der Waals surface area contributed by atoms with Crippen molar-refractivity contribution in [1.82, 2.24) is 10.2 Å². The van der Waals surface area contributed by atoms with Gasteiger partial charge in [-0.2, -0.15) is 0 Å². The van der Waals surface area contributed by atoms with Crippen molar-refractivity contribution >= 4 is 29.5 Å². The van der Waals surface area contributed by atoms with Gasteiger partial charge in [-0.15, -0.1) is 0 Å². The molecule has 10 heteroatoms.